The number of hydrogen-bond acceptors (Lipinski definition) is 2. The van der Waals surface area contributed by atoms with Gasteiger partial charge in [0.05, 0.1) is 6.61 Å². The third-order valence-electron chi connectivity index (χ3n) is 2.34. The first kappa shape index (κ1) is 9.74. The van der Waals surface area contributed by atoms with Crippen molar-refractivity contribution in [3.63, 3.8) is 0 Å². The van der Waals surface area contributed by atoms with Gasteiger partial charge in [-0.05, 0) is 28.8 Å². The van der Waals surface area contributed by atoms with Gasteiger partial charge in [0.1, 0.15) is 5.75 Å². The standard InChI is InChI=1S/C13H12O2/c14-9-11-4-1-2-7-13(11)10-5-3-6-12(15)8-10/h1-8,14-15H,9H2. The maximum absolute atomic E-state index is 9.38. The normalized spacial score (nSPS) is 10.2. The Morgan fingerprint density at radius 2 is 1.73 bits per heavy atom. The highest BCUT2D eigenvalue weighted by atomic mass is 16.3. The van der Waals surface area contributed by atoms with Gasteiger partial charge in [-0.1, -0.05) is 36.4 Å². The summed E-state index contributed by atoms with van der Waals surface area (Å²) < 4.78 is 0. The quantitative estimate of drug-likeness (QED) is 0.782. The minimum Gasteiger partial charge on any atom is -0.508 e. The lowest BCUT2D eigenvalue weighted by Crippen LogP contribution is -1.88. The topological polar surface area (TPSA) is 40.5 Å². The van der Waals surface area contributed by atoms with Crippen molar-refractivity contribution < 1.29 is 10.2 Å². The Morgan fingerprint density at radius 3 is 2.47 bits per heavy atom. The number of hydrogen-bond donors (Lipinski definition) is 2. The van der Waals surface area contributed by atoms with E-state index in [2.05, 4.69) is 0 Å². The Balaban J connectivity index is 2.53. The number of aliphatic hydroxyl groups excluding tert-OH is 1. The molecule has 0 saturated carbocycles. The molecule has 0 fully saturated rings. The van der Waals surface area contributed by atoms with Crippen molar-refractivity contribution in [1.82, 2.24) is 0 Å². The number of aliphatic hydroxyl groups is 1. The largest absolute Gasteiger partial charge is 0.508 e. The second-order valence-corrected chi connectivity index (χ2v) is 3.37. The summed E-state index contributed by atoms with van der Waals surface area (Å²) in [4.78, 5) is 0. The summed E-state index contributed by atoms with van der Waals surface area (Å²) in [6, 6.07) is 14.6. The van der Waals surface area contributed by atoms with Crippen LogP contribution in [0.1, 0.15) is 5.56 Å². The zero-order valence-corrected chi connectivity index (χ0v) is 8.22. The zero-order valence-electron chi connectivity index (χ0n) is 8.22. The summed E-state index contributed by atoms with van der Waals surface area (Å²) in [6.07, 6.45) is 0. The van der Waals surface area contributed by atoms with Gasteiger partial charge in [-0.25, -0.2) is 0 Å². The van der Waals surface area contributed by atoms with E-state index in [1.807, 2.05) is 30.3 Å². The first-order valence-corrected chi connectivity index (χ1v) is 4.79. The minimum absolute atomic E-state index is 0.00578. The number of rotatable bonds is 2. The molecular weight excluding hydrogens is 188 g/mol. The zero-order chi connectivity index (χ0) is 10.7. The molecular formula is C13H12O2. The van der Waals surface area contributed by atoms with E-state index in [0.29, 0.717) is 0 Å². The lowest BCUT2D eigenvalue weighted by atomic mass is 10.00. The van der Waals surface area contributed by atoms with Crippen LogP contribution in [0, 0.1) is 0 Å². The third kappa shape index (κ3) is 2.00. The van der Waals surface area contributed by atoms with Gasteiger partial charge >= 0.3 is 0 Å². The Labute approximate surface area is 88.4 Å². The van der Waals surface area contributed by atoms with Crippen LogP contribution in [0.25, 0.3) is 11.1 Å². The average molecular weight is 200 g/mol. The van der Waals surface area contributed by atoms with Crippen LogP contribution in [-0.4, -0.2) is 10.2 Å². The molecule has 2 nitrogen and oxygen atoms in total. The molecule has 0 aliphatic carbocycles. The average Bonchev–Trinajstić information content (AvgIpc) is 2.29. The molecule has 0 bridgehead atoms. The number of aromatic hydroxyl groups is 1. The van der Waals surface area contributed by atoms with Gasteiger partial charge in [-0.2, -0.15) is 0 Å². The molecule has 76 valence electrons. The lowest BCUT2D eigenvalue weighted by Gasteiger charge is -2.07. The molecule has 0 heterocycles. The van der Waals surface area contributed by atoms with Gasteiger partial charge < -0.3 is 10.2 Å². The number of benzene rings is 2. The predicted octanol–water partition coefficient (Wildman–Crippen LogP) is 2.55. The molecule has 2 heteroatoms. The fourth-order valence-corrected chi connectivity index (χ4v) is 1.61. The van der Waals surface area contributed by atoms with Gasteiger partial charge in [0.25, 0.3) is 0 Å². The van der Waals surface area contributed by atoms with Crippen LogP contribution in [-0.2, 0) is 6.61 Å². The van der Waals surface area contributed by atoms with Gasteiger partial charge in [0.15, 0.2) is 0 Å². The van der Waals surface area contributed by atoms with Crippen molar-refractivity contribution in [2.45, 2.75) is 6.61 Å². The Bertz CT molecular complexity index is 464. The molecule has 0 spiro atoms. The van der Waals surface area contributed by atoms with Gasteiger partial charge in [0.2, 0.25) is 0 Å². The second-order valence-electron chi connectivity index (χ2n) is 3.37. The van der Waals surface area contributed by atoms with Crippen molar-refractivity contribution in [2.24, 2.45) is 0 Å². The maximum Gasteiger partial charge on any atom is 0.116 e. The molecule has 2 rings (SSSR count). The highest BCUT2D eigenvalue weighted by Gasteiger charge is 2.03. The SMILES string of the molecule is OCc1ccccc1-c1cccc(O)c1. The molecule has 0 saturated heterocycles. The summed E-state index contributed by atoms with van der Waals surface area (Å²) in [5, 5.41) is 18.6. The molecule has 0 unspecified atom stereocenters. The summed E-state index contributed by atoms with van der Waals surface area (Å²) in [6.45, 7) is 0.00578. The van der Waals surface area contributed by atoms with Crippen molar-refractivity contribution in [3.05, 3.63) is 54.1 Å². The van der Waals surface area contributed by atoms with Crippen LogP contribution in [0.5, 0.6) is 5.75 Å². The molecule has 0 aliphatic rings. The fourth-order valence-electron chi connectivity index (χ4n) is 1.61. The molecule has 15 heavy (non-hydrogen) atoms. The van der Waals surface area contributed by atoms with Crippen molar-refractivity contribution in [3.8, 4) is 16.9 Å². The fraction of sp³-hybridized carbons (Fsp3) is 0.0769. The van der Waals surface area contributed by atoms with E-state index < -0.39 is 0 Å². The first-order chi connectivity index (χ1) is 7.31. The van der Waals surface area contributed by atoms with Crippen LogP contribution in [0.3, 0.4) is 0 Å². The monoisotopic (exact) mass is 200 g/mol. The van der Waals surface area contributed by atoms with E-state index in [0.717, 1.165) is 16.7 Å². The third-order valence-corrected chi connectivity index (χ3v) is 2.34. The van der Waals surface area contributed by atoms with Gasteiger partial charge in [0, 0.05) is 0 Å². The molecule has 2 aromatic rings. The van der Waals surface area contributed by atoms with Crippen molar-refractivity contribution >= 4 is 0 Å². The van der Waals surface area contributed by atoms with E-state index in [4.69, 9.17) is 0 Å². The predicted molar refractivity (Wildman–Crippen MR) is 59.5 cm³/mol. The molecule has 0 amide bonds. The van der Waals surface area contributed by atoms with E-state index in [-0.39, 0.29) is 12.4 Å². The van der Waals surface area contributed by atoms with E-state index in [1.165, 1.54) is 0 Å². The summed E-state index contributed by atoms with van der Waals surface area (Å²) in [5.41, 5.74) is 2.73. The van der Waals surface area contributed by atoms with Crippen LogP contribution in [0.15, 0.2) is 48.5 Å². The van der Waals surface area contributed by atoms with Gasteiger partial charge in [-0.3, -0.25) is 0 Å². The first-order valence-electron chi connectivity index (χ1n) is 4.79. The molecule has 0 radical (unpaired) electrons. The maximum atomic E-state index is 9.38. The molecule has 2 N–H and O–H groups in total. The van der Waals surface area contributed by atoms with Gasteiger partial charge in [-0.15, -0.1) is 0 Å². The van der Waals surface area contributed by atoms with E-state index in [1.54, 1.807) is 18.2 Å². The number of phenols is 1. The van der Waals surface area contributed by atoms with Crippen LogP contribution in [0.4, 0.5) is 0 Å². The molecule has 0 aliphatic heterocycles. The minimum atomic E-state index is 0.00578. The number of phenolic OH excluding ortho intramolecular Hbond substituents is 1. The Morgan fingerprint density at radius 1 is 0.933 bits per heavy atom. The van der Waals surface area contributed by atoms with Crippen LogP contribution < -0.4 is 0 Å². The van der Waals surface area contributed by atoms with E-state index in [9.17, 15) is 10.2 Å². The second kappa shape index (κ2) is 4.15. The molecule has 2 aromatic carbocycles. The Hall–Kier alpha value is -1.80. The lowest BCUT2D eigenvalue weighted by molar-refractivity contribution is 0.282. The van der Waals surface area contributed by atoms with Crippen molar-refractivity contribution in [2.75, 3.05) is 0 Å². The van der Waals surface area contributed by atoms with Crippen LogP contribution >= 0.6 is 0 Å². The highest BCUT2D eigenvalue weighted by Crippen LogP contribution is 2.26. The van der Waals surface area contributed by atoms with E-state index >= 15 is 0 Å². The summed E-state index contributed by atoms with van der Waals surface area (Å²) in [5.74, 6) is 0.236. The smallest absolute Gasteiger partial charge is 0.116 e. The molecule has 0 aromatic heterocycles. The van der Waals surface area contributed by atoms with Crippen LogP contribution in [0.2, 0.25) is 0 Å². The Kier molecular flexibility index (Phi) is 2.70. The summed E-state index contributed by atoms with van der Waals surface area (Å²) in [7, 11) is 0. The molecule has 0 atom stereocenters. The highest BCUT2D eigenvalue weighted by molar-refractivity contribution is 5.68. The summed E-state index contributed by atoms with van der Waals surface area (Å²) >= 11 is 0. The van der Waals surface area contributed by atoms with Crippen molar-refractivity contribution in [1.29, 1.82) is 0 Å².